The minimum atomic E-state index is -1.02. The van der Waals surface area contributed by atoms with Crippen molar-refractivity contribution in [3.63, 3.8) is 0 Å². The van der Waals surface area contributed by atoms with Gasteiger partial charge in [-0.25, -0.2) is 0 Å². The van der Waals surface area contributed by atoms with Gasteiger partial charge in [0.05, 0.1) is 16.6 Å². The van der Waals surface area contributed by atoms with Crippen molar-refractivity contribution in [3.8, 4) is 0 Å². The van der Waals surface area contributed by atoms with Crippen LogP contribution in [0.2, 0.25) is 0 Å². The Morgan fingerprint density at radius 2 is 1.74 bits per heavy atom. The van der Waals surface area contributed by atoms with Crippen molar-refractivity contribution in [3.05, 3.63) is 40.6 Å². The smallest absolute Gasteiger partial charge is 0.247 e. The van der Waals surface area contributed by atoms with Gasteiger partial charge in [0.1, 0.15) is 16.6 Å². The minimum absolute atomic E-state index is 0.0377. The van der Waals surface area contributed by atoms with Crippen molar-refractivity contribution in [2.45, 2.75) is 101 Å². The average molecular weight is 474 g/mol. The topological polar surface area (TPSA) is 75.5 Å². The molecule has 1 N–H and O–H groups in total. The zero-order valence-corrected chi connectivity index (χ0v) is 21.3. The van der Waals surface area contributed by atoms with Crippen molar-refractivity contribution >= 4 is 28.7 Å². The fourth-order valence-electron chi connectivity index (χ4n) is 8.65. The molecule has 4 aliphatic heterocycles. The average Bonchev–Trinajstić information content (AvgIpc) is 3.14. The molecule has 2 spiro atoms. The van der Waals surface area contributed by atoms with Gasteiger partial charge in [0.2, 0.25) is 17.3 Å². The minimum Gasteiger partial charge on any atom is -0.618 e. The summed E-state index contributed by atoms with van der Waals surface area (Å²) in [5.74, 6) is 0.0925. The first-order valence-corrected chi connectivity index (χ1v) is 13.4. The summed E-state index contributed by atoms with van der Waals surface area (Å²) in [5, 5.41) is 17.4. The van der Waals surface area contributed by atoms with E-state index in [1.165, 1.54) is 24.8 Å². The van der Waals surface area contributed by atoms with Crippen LogP contribution in [0.25, 0.3) is 5.57 Å². The Morgan fingerprint density at radius 1 is 1.00 bits per heavy atom. The standard InChI is InChI=1S/C29H35N3O3/c1-25(2)17-28-23(33)29(28)13-8-14-31(29)24(34)27(4,30-28)16-20-19-15-18(26(3)11-6-5-7-12-26)9-10-21(19)32(35)22(20)25/h9-10,15-16,30H,5-8,11-14,17H2,1-4H3/b20-16-/t27-,28?,29?/m1/s1. The lowest BCUT2D eigenvalue weighted by Gasteiger charge is -2.46. The van der Waals surface area contributed by atoms with Gasteiger partial charge in [-0.2, -0.15) is 4.74 Å². The highest BCUT2D eigenvalue weighted by atomic mass is 16.5. The van der Waals surface area contributed by atoms with Crippen LogP contribution in [0.15, 0.2) is 24.3 Å². The fraction of sp³-hybridized carbons (Fsp3) is 0.621. The van der Waals surface area contributed by atoms with Crippen molar-refractivity contribution < 1.29 is 14.3 Å². The Morgan fingerprint density at radius 3 is 2.49 bits per heavy atom. The van der Waals surface area contributed by atoms with Crippen molar-refractivity contribution in [1.82, 2.24) is 10.2 Å². The molecular weight excluding hydrogens is 438 g/mol. The van der Waals surface area contributed by atoms with E-state index in [0.29, 0.717) is 30.8 Å². The predicted octanol–water partition coefficient (Wildman–Crippen LogP) is 4.36. The molecule has 2 bridgehead atoms. The summed E-state index contributed by atoms with van der Waals surface area (Å²) >= 11 is 0. The molecule has 4 fully saturated rings. The zero-order valence-electron chi connectivity index (χ0n) is 21.3. The van der Waals surface area contributed by atoms with Crippen molar-refractivity contribution in [2.24, 2.45) is 5.41 Å². The van der Waals surface area contributed by atoms with Gasteiger partial charge in [0.15, 0.2) is 5.78 Å². The van der Waals surface area contributed by atoms with Gasteiger partial charge in [-0.05, 0) is 76.0 Å². The van der Waals surface area contributed by atoms with Crippen LogP contribution >= 0.6 is 0 Å². The van der Waals surface area contributed by atoms with Crippen LogP contribution in [0.4, 0.5) is 5.69 Å². The molecule has 2 saturated heterocycles. The van der Waals surface area contributed by atoms with Crippen LogP contribution in [0, 0.1) is 10.6 Å². The second-order valence-electron chi connectivity index (χ2n) is 13.1. The number of hydrogen-bond donors (Lipinski definition) is 1. The number of nitrogens with zero attached hydrogens (tertiary/aromatic N) is 2. The van der Waals surface area contributed by atoms with Gasteiger partial charge in [0, 0.05) is 12.6 Å². The van der Waals surface area contributed by atoms with Crippen molar-refractivity contribution in [1.29, 1.82) is 0 Å². The SMILES string of the molecule is CC1(C)CC23N[C@](C)(/C=C4\C1=[N+]([O-])c1ccc(C5(C)CCCCC5)cc14)C(=O)N1CCCC12C3=O. The molecule has 4 heterocycles. The highest BCUT2D eigenvalue weighted by Crippen LogP contribution is 2.64. The highest BCUT2D eigenvalue weighted by molar-refractivity contribution is 6.30. The predicted molar refractivity (Wildman–Crippen MR) is 135 cm³/mol. The fourth-order valence-corrected chi connectivity index (χ4v) is 8.65. The first-order valence-electron chi connectivity index (χ1n) is 13.4. The second-order valence-corrected chi connectivity index (χ2v) is 13.1. The number of ketones is 1. The van der Waals surface area contributed by atoms with E-state index in [-0.39, 0.29) is 17.1 Å². The number of piperazine rings is 1. The zero-order chi connectivity index (χ0) is 24.6. The molecule has 1 aromatic rings. The van der Waals surface area contributed by atoms with Crippen LogP contribution in [-0.2, 0) is 15.0 Å². The molecule has 6 heteroatoms. The Kier molecular flexibility index (Phi) is 3.89. The molecule has 6 nitrogen and oxygen atoms in total. The molecule has 6 aliphatic rings. The highest BCUT2D eigenvalue weighted by Gasteiger charge is 2.86. The molecule has 2 unspecified atom stereocenters. The summed E-state index contributed by atoms with van der Waals surface area (Å²) in [4.78, 5) is 29.3. The van der Waals surface area contributed by atoms with Crippen LogP contribution < -0.4 is 5.32 Å². The maximum atomic E-state index is 13.9. The van der Waals surface area contributed by atoms with E-state index in [1.807, 2.05) is 24.0 Å². The van der Waals surface area contributed by atoms with Crippen LogP contribution in [0.1, 0.15) is 90.2 Å². The number of rotatable bonds is 1. The van der Waals surface area contributed by atoms with Crippen LogP contribution in [0.5, 0.6) is 0 Å². The Hall–Kier alpha value is -2.47. The summed E-state index contributed by atoms with van der Waals surface area (Å²) in [7, 11) is 0. The quantitative estimate of drug-likeness (QED) is 0.486. The number of Topliss-reactive ketones (excluding diaryl/α,β-unsaturated/α-hetero) is 1. The summed E-state index contributed by atoms with van der Waals surface area (Å²) in [6, 6.07) is 6.34. The summed E-state index contributed by atoms with van der Waals surface area (Å²) in [6.45, 7) is 9.06. The van der Waals surface area contributed by atoms with Gasteiger partial charge in [-0.3, -0.25) is 14.9 Å². The first kappa shape index (κ1) is 21.8. The van der Waals surface area contributed by atoms with E-state index < -0.39 is 22.0 Å². The van der Waals surface area contributed by atoms with Crippen molar-refractivity contribution in [2.75, 3.05) is 6.54 Å². The van der Waals surface area contributed by atoms with Gasteiger partial charge in [-0.15, -0.1) is 0 Å². The van der Waals surface area contributed by atoms with Gasteiger partial charge in [0.25, 0.3) is 0 Å². The molecule has 0 aromatic heterocycles. The van der Waals surface area contributed by atoms with E-state index >= 15 is 0 Å². The monoisotopic (exact) mass is 473 g/mol. The number of hydrogen-bond acceptors (Lipinski definition) is 4. The molecule has 0 radical (unpaired) electrons. The molecule has 1 aromatic carbocycles. The number of carbonyl (C=O) groups excluding carboxylic acids is 2. The summed E-state index contributed by atoms with van der Waals surface area (Å²) in [5.41, 5.74) is 1.48. The number of allylic oxidation sites excluding steroid dienone is 1. The summed E-state index contributed by atoms with van der Waals surface area (Å²) in [6.07, 6.45) is 10.1. The van der Waals surface area contributed by atoms with Gasteiger partial charge < -0.3 is 10.1 Å². The van der Waals surface area contributed by atoms with E-state index in [4.69, 9.17) is 0 Å². The third kappa shape index (κ3) is 2.38. The molecule has 3 atom stereocenters. The van der Waals surface area contributed by atoms with E-state index in [1.54, 1.807) is 0 Å². The molecular formula is C29H35N3O3. The maximum absolute atomic E-state index is 13.9. The second kappa shape index (κ2) is 6.26. The lowest BCUT2D eigenvalue weighted by Crippen LogP contribution is -2.70. The third-order valence-corrected chi connectivity index (χ3v) is 10.3. The third-order valence-electron chi connectivity index (χ3n) is 10.3. The lowest BCUT2D eigenvalue weighted by atomic mass is 9.69. The molecule has 184 valence electrons. The Bertz CT molecular complexity index is 1290. The number of carbonyl (C=O) groups is 2. The Balaban J connectivity index is 1.44. The molecule has 1 amide bonds. The van der Waals surface area contributed by atoms with E-state index in [9.17, 15) is 14.8 Å². The first-order chi connectivity index (χ1) is 16.5. The van der Waals surface area contributed by atoms with E-state index in [2.05, 4.69) is 38.2 Å². The summed E-state index contributed by atoms with van der Waals surface area (Å²) < 4.78 is 1.09. The normalized spacial score (nSPS) is 39.7. The van der Waals surface area contributed by atoms with Gasteiger partial charge >= 0.3 is 0 Å². The largest absolute Gasteiger partial charge is 0.618 e. The van der Waals surface area contributed by atoms with Crippen LogP contribution in [0.3, 0.4) is 0 Å². The number of nitrogens with one attached hydrogen (secondary N) is 1. The molecule has 7 rings (SSSR count). The number of benzene rings is 1. The van der Waals surface area contributed by atoms with Crippen LogP contribution in [-0.4, -0.2) is 50.2 Å². The molecule has 2 saturated carbocycles. The molecule has 35 heavy (non-hydrogen) atoms. The number of amides is 1. The molecule has 2 aliphatic carbocycles. The Labute approximate surface area is 207 Å². The van der Waals surface area contributed by atoms with E-state index in [0.717, 1.165) is 35.1 Å². The number of fused-ring (bicyclic) bond motifs is 4. The lowest BCUT2D eigenvalue weighted by molar-refractivity contribution is -0.361. The maximum Gasteiger partial charge on any atom is 0.247 e. The van der Waals surface area contributed by atoms with Gasteiger partial charge in [-0.1, -0.05) is 32.3 Å².